The molecule has 1 unspecified atom stereocenters. The molecule has 1 fully saturated rings. The molecule has 0 aromatic heterocycles. The molecule has 1 rings (SSSR count). The summed E-state index contributed by atoms with van der Waals surface area (Å²) in [6.45, 7) is 2.28. The molecule has 8 heavy (non-hydrogen) atoms. The van der Waals surface area contributed by atoms with Gasteiger partial charge in [0.05, 0.1) is 0 Å². The Labute approximate surface area is 51.3 Å². The molecular formula is C8H12. The Morgan fingerprint density at radius 3 is 2.50 bits per heavy atom. The molecule has 0 nitrogen and oxygen atoms in total. The lowest BCUT2D eigenvalue weighted by Crippen LogP contribution is -1.87. The zero-order chi connectivity index (χ0) is 5.98. The van der Waals surface area contributed by atoms with E-state index in [-0.39, 0.29) is 0 Å². The zero-order valence-corrected chi connectivity index (χ0v) is 5.35. The van der Waals surface area contributed by atoms with Crippen molar-refractivity contribution < 1.29 is 0 Å². The fourth-order valence-corrected chi connectivity index (χ4v) is 1.36. The van der Waals surface area contributed by atoms with Crippen molar-refractivity contribution in [3.05, 3.63) is 0 Å². The van der Waals surface area contributed by atoms with Crippen LogP contribution in [0.4, 0.5) is 0 Å². The second-order valence-electron chi connectivity index (χ2n) is 2.78. The van der Waals surface area contributed by atoms with Crippen molar-refractivity contribution in [2.24, 2.45) is 11.8 Å². The maximum absolute atomic E-state index is 5.25. The highest BCUT2D eigenvalue weighted by Crippen LogP contribution is 2.29. The summed E-state index contributed by atoms with van der Waals surface area (Å²) >= 11 is 0. The lowest BCUT2D eigenvalue weighted by Gasteiger charge is -1.96. The minimum absolute atomic E-state index is 0.602. The van der Waals surface area contributed by atoms with Gasteiger partial charge in [-0.15, -0.1) is 12.3 Å². The van der Waals surface area contributed by atoms with Crippen LogP contribution in [-0.4, -0.2) is 0 Å². The average Bonchev–Trinajstić information content (AvgIpc) is 2.14. The first-order valence-corrected chi connectivity index (χ1v) is 3.29. The van der Waals surface area contributed by atoms with E-state index in [1.807, 2.05) is 0 Å². The molecule has 0 heterocycles. The van der Waals surface area contributed by atoms with Gasteiger partial charge >= 0.3 is 0 Å². The minimum Gasteiger partial charge on any atom is -0.120 e. The van der Waals surface area contributed by atoms with E-state index >= 15 is 0 Å². The third kappa shape index (κ3) is 1.04. The van der Waals surface area contributed by atoms with Gasteiger partial charge in [-0.3, -0.25) is 0 Å². The zero-order valence-electron chi connectivity index (χ0n) is 5.35. The highest BCUT2D eigenvalue weighted by Gasteiger charge is 2.18. The number of rotatable bonds is 0. The van der Waals surface area contributed by atoms with Gasteiger partial charge in [-0.25, -0.2) is 0 Å². The normalized spacial score (nSPS) is 37.0. The van der Waals surface area contributed by atoms with Crippen LogP contribution in [0.2, 0.25) is 0 Å². The van der Waals surface area contributed by atoms with Crippen molar-refractivity contribution in [3.8, 4) is 12.3 Å². The fourth-order valence-electron chi connectivity index (χ4n) is 1.36. The van der Waals surface area contributed by atoms with Gasteiger partial charge in [0.2, 0.25) is 0 Å². The van der Waals surface area contributed by atoms with Crippen molar-refractivity contribution in [1.29, 1.82) is 0 Å². The third-order valence-corrected chi connectivity index (χ3v) is 1.93. The van der Waals surface area contributed by atoms with Crippen LogP contribution in [0.25, 0.3) is 0 Å². The molecule has 1 saturated carbocycles. The summed E-state index contributed by atoms with van der Waals surface area (Å²) in [7, 11) is 0. The highest BCUT2D eigenvalue weighted by atomic mass is 14.2. The van der Waals surface area contributed by atoms with Crippen molar-refractivity contribution in [3.63, 3.8) is 0 Å². The van der Waals surface area contributed by atoms with Crippen molar-refractivity contribution in [2.75, 3.05) is 0 Å². The first kappa shape index (κ1) is 5.69. The molecule has 0 saturated heterocycles. The topological polar surface area (TPSA) is 0 Å². The van der Waals surface area contributed by atoms with Gasteiger partial charge < -0.3 is 0 Å². The van der Waals surface area contributed by atoms with E-state index in [1.165, 1.54) is 19.3 Å². The summed E-state index contributed by atoms with van der Waals surface area (Å²) in [5.74, 6) is 4.28. The van der Waals surface area contributed by atoms with E-state index in [0.29, 0.717) is 5.92 Å². The monoisotopic (exact) mass is 108 g/mol. The van der Waals surface area contributed by atoms with Crippen LogP contribution in [0.3, 0.4) is 0 Å². The van der Waals surface area contributed by atoms with E-state index in [2.05, 4.69) is 12.8 Å². The van der Waals surface area contributed by atoms with E-state index in [9.17, 15) is 0 Å². The Bertz CT molecular complexity index is 108. The lowest BCUT2D eigenvalue weighted by molar-refractivity contribution is 0.592. The van der Waals surface area contributed by atoms with Crippen molar-refractivity contribution in [2.45, 2.75) is 26.2 Å². The average molecular weight is 108 g/mol. The molecule has 0 spiro atoms. The van der Waals surface area contributed by atoms with Crippen LogP contribution >= 0.6 is 0 Å². The van der Waals surface area contributed by atoms with Crippen molar-refractivity contribution in [1.82, 2.24) is 0 Å². The third-order valence-electron chi connectivity index (χ3n) is 1.93. The summed E-state index contributed by atoms with van der Waals surface area (Å²) in [6, 6.07) is 0. The quantitative estimate of drug-likeness (QED) is 0.417. The minimum atomic E-state index is 0.602. The van der Waals surface area contributed by atoms with Crippen LogP contribution in [0.5, 0.6) is 0 Å². The Balaban J connectivity index is 2.35. The number of terminal acetylenes is 1. The van der Waals surface area contributed by atoms with Gasteiger partial charge in [0.1, 0.15) is 0 Å². The molecule has 1 aliphatic rings. The Kier molecular flexibility index (Phi) is 1.58. The molecule has 0 aliphatic heterocycles. The Morgan fingerprint density at radius 1 is 1.50 bits per heavy atom. The Hall–Kier alpha value is -0.440. The van der Waals surface area contributed by atoms with Gasteiger partial charge in [-0.05, 0) is 25.2 Å². The van der Waals surface area contributed by atoms with Crippen LogP contribution in [-0.2, 0) is 0 Å². The van der Waals surface area contributed by atoms with Gasteiger partial charge in [-0.2, -0.15) is 0 Å². The van der Waals surface area contributed by atoms with Crippen molar-refractivity contribution >= 4 is 0 Å². The highest BCUT2D eigenvalue weighted by molar-refractivity contribution is 4.96. The van der Waals surface area contributed by atoms with Crippen LogP contribution in [0.1, 0.15) is 26.2 Å². The number of hydrogen-bond donors (Lipinski definition) is 0. The van der Waals surface area contributed by atoms with E-state index in [0.717, 1.165) is 5.92 Å². The fraction of sp³-hybridized carbons (Fsp3) is 0.750. The smallest absolute Gasteiger partial charge is 0.0202 e. The maximum atomic E-state index is 5.25. The van der Waals surface area contributed by atoms with E-state index < -0.39 is 0 Å². The van der Waals surface area contributed by atoms with Gasteiger partial charge in [-0.1, -0.05) is 6.92 Å². The standard InChI is InChI=1S/C8H12/c1-3-8-5-4-7(2)6-8/h1,7-8H,4-6H2,2H3/t7?,8-/m0/s1. The van der Waals surface area contributed by atoms with Crippen LogP contribution < -0.4 is 0 Å². The SMILES string of the molecule is C#C[C@H]1CCC(C)C1. The summed E-state index contributed by atoms with van der Waals surface area (Å²) in [5, 5.41) is 0. The molecule has 0 bridgehead atoms. The molecule has 2 atom stereocenters. The molecule has 44 valence electrons. The van der Waals surface area contributed by atoms with E-state index in [4.69, 9.17) is 6.42 Å². The maximum Gasteiger partial charge on any atom is 0.0202 e. The summed E-state index contributed by atoms with van der Waals surface area (Å²) in [5.41, 5.74) is 0. The second-order valence-corrected chi connectivity index (χ2v) is 2.78. The first-order valence-electron chi connectivity index (χ1n) is 3.29. The van der Waals surface area contributed by atoms with Crippen LogP contribution in [0, 0.1) is 24.2 Å². The largest absolute Gasteiger partial charge is 0.120 e. The van der Waals surface area contributed by atoms with Gasteiger partial charge in [0.15, 0.2) is 0 Å². The molecule has 0 aromatic rings. The second kappa shape index (κ2) is 2.22. The predicted octanol–water partition coefficient (Wildman–Crippen LogP) is 2.06. The Morgan fingerprint density at radius 2 is 2.25 bits per heavy atom. The summed E-state index contributed by atoms with van der Waals surface area (Å²) in [6.07, 6.45) is 9.11. The molecule has 1 aliphatic carbocycles. The summed E-state index contributed by atoms with van der Waals surface area (Å²) < 4.78 is 0. The first-order chi connectivity index (χ1) is 3.83. The van der Waals surface area contributed by atoms with E-state index in [1.54, 1.807) is 0 Å². The lowest BCUT2D eigenvalue weighted by atomic mass is 10.1. The molecule has 0 aromatic carbocycles. The predicted molar refractivity (Wildman–Crippen MR) is 35.3 cm³/mol. The molecule has 0 amide bonds. The molecule has 0 N–H and O–H groups in total. The van der Waals surface area contributed by atoms with Gasteiger partial charge in [0.25, 0.3) is 0 Å². The summed E-state index contributed by atoms with van der Waals surface area (Å²) in [4.78, 5) is 0. The van der Waals surface area contributed by atoms with Gasteiger partial charge in [0, 0.05) is 5.92 Å². The number of hydrogen-bond acceptors (Lipinski definition) is 0. The molecule has 0 radical (unpaired) electrons. The molecule has 0 heteroatoms. The molecular weight excluding hydrogens is 96.1 g/mol. The van der Waals surface area contributed by atoms with Crippen LogP contribution in [0.15, 0.2) is 0 Å².